The lowest BCUT2D eigenvalue weighted by atomic mass is 10.0. The van der Waals surface area contributed by atoms with E-state index in [4.69, 9.17) is 4.42 Å². The van der Waals surface area contributed by atoms with Gasteiger partial charge in [-0.3, -0.25) is 14.4 Å². The zero-order valence-corrected chi connectivity index (χ0v) is 16.1. The molecule has 3 aromatic rings. The molecule has 150 valence electrons. The molecular weight excluding hydrogens is 379 g/mol. The number of rotatable bonds is 6. The van der Waals surface area contributed by atoms with Crippen LogP contribution in [0, 0.1) is 18.7 Å². The Labute approximate surface area is 164 Å². The number of nitrogens with one attached hydrogen (secondary N) is 3. The molecule has 1 amide bonds. The predicted molar refractivity (Wildman–Crippen MR) is 105 cm³/mol. The maximum Gasteiger partial charge on any atom is 0.254 e. The first kappa shape index (κ1) is 18.9. The van der Waals surface area contributed by atoms with Crippen LogP contribution in [-0.2, 0) is 6.54 Å². The molecule has 29 heavy (non-hydrogen) atoms. The topological polar surface area (TPSA) is 113 Å². The Morgan fingerprint density at radius 2 is 1.86 bits per heavy atom. The highest BCUT2D eigenvalue weighted by molar-refractivity contribution is 6.04. The molecule has 0 bridgehead atoms. The van der Waals surface area contributed by atoms with Gasteiger partial charge in [0.05, 0.1) is 17.4 Å². The molecule has 3 N–H and O–H groups in total. The summed E-state index contributed by atoms with van der Waals surface area (Å²) >= 11 is 0. The van der Waals surface area contributed by atoms with Crippen LogP contribution in [0.25, 0.3) is 0 Å². The van der Waals surface area contributed by atoms with Crippen molar-refractivity contribution < 1.29 is 13.6 Å². The molecule has 2 heterocycles. The molecule has 1 aromatic heterocycles. The number of halogens is 1. The third kappa shape index (κ3) is 3.08. The molecule has 1 unspecified atom stereocenters. The fraction of sp³-hybridized carbons (Fsp3) is 0.300. The fourth-order valence-electron chi connectivity index (χ4n) is 3.37. The molecule has 0 saturated carbocycles. The molecule has 1 aliphatic heterocycles. The maximum absolute atomic E-state index is 14.4. The quantitative estimate of drug-likeness (QED) is 0.547. The maximum atomic E-state index is 14.4. The van der Waals surface area contributed by atoms with Crippen LogP contribution in [0.5, 0.6) is 0 Å². The van der Waals surface area contributed by atoms with E-state index in [0.717, 1.165) is 0 Å². The lowest BCUT2D eigenvalue weighted by molar-refractivity contribution is 0.0966. The van der Waals surface area contributed by atoms with Gasteiger partial charge in [0.2, 0.25) is 5.89 Å². The molecule has 0 radical (unpaired) electrons. The molecular formula is C20H19FN4O4. The Morgan fingerprint density at radius 1 is 1.14 bits per heavy atom. The first-order valence-electron chi connectivity index (χ1n) is 9.16. The van der Waals surface area contributed by atoms with Gasteiger partial charge in [-0.15, -0.1) is 0 Å². The van der Waals surface area contributed by atoms with Crippen molar-refractivity contribution >= 4 is 23.0 Å². The summed E-state index contributed by atoms with van der Waals surface area (Å²) in [5, 5.41) is 8.28. The van der Waals surface area contributed by atoms with Crippen LogP contribution < -0.4 is 26.8 Å². The average Bonchev–Trinajstić information content (AvgIpc) is 3.28. The van der Waals surface area contributed by atoms with Gasteiger partial charge in [-0.05, 0) is 24.5 Å². The number of fused-ring (bicyclic) bond motifs is 1. The van der Waals surface area contributed by atoms with Gasteiger partial charge in [0, 0.05) is 6.54 Å². The van der Waals surface area contributed by atoms with Crippen molar-refractivity contribution in [3.05, 3.63) is 67.4 Å². The zero-order chi connectivity index (χ0) is 20.9. The monoisotopic (exact) mass is 398 g/mol. The Kier molecular flexibility index (Phi) is 4.45. The number of carbonyl (C=O) groups excluding carboxylic acids is 1. The van der Waals surface area contributed by atoms with Gasteiger partial charge < -0.3 is 20.4 Å². The number of aromatic nitrogens is 1. The van der Waals surface area contributed by atoms with Crippen LogP contribution >= 0.6 is 0 Å². The number of hydrogen-bond acceptors (Lipinski definition) is 7. The van der Waals surface area contributed by atoms with Gasteiger partial charge in [0.1, 0.15) is 29.0 Å². The predicted octanol–water partition coefficient (Wildman–Crippen LogP) is 2.51. The highest BCUT2D eigenvalue weighted by Gasteiger charge is 2.31. The standard InChI is InChI=1S/C20H19FN4O4/c1-8(2)13(20-23-6-9(3)29-20)24-15-16(18(27)17(15)26)25-14-11(21)5-4-10-7-22-19(28)12(10)14/h4-6,8,13,24-25H,7H2,1-3H3,(H,22,28). The van der Waals surface area contributed by atoms with Gasteiger partial charge in [-0.25, -0.2) is 9.37 Å². The second-order valence-corrected chi connectivity index (χ2v) is 7.35. The second kappa shape index (κ2) is 6.84. The lowest BCUT2D eigenvalue weighted by Gasteiger charge is -2.23. The number of amides is 1. The molecule has 1 atom stereocenters. The van der Waals surface area contributed by atoms with Crippen molar-refractivity contribution in [2.75, 3.05) is 10.6 Å². The Bertz CT molecular complexity index is 1190. The molecule has 0 spiro atoms. The van der Waals surface area contributed by atoms with Crippen molar-refractivity contribution in [2.45, 2.75) is 33.4 Å². The van der Waals surface area contributed by atoms with Crippen molar-refractivity contribution in [2.24, 2.45) is 5.92 Å². The van der Waals surface area contributed by atoms with Crippen LogP contribution in [0.15, 0.2) is 32.3 Å². The van der Waals surface area contributed by atoms with Gasteiger partial charge >= 0.3 is 0 Å². The fourth-order valence-corrected chi connectivity index (χ4v) is 3.37. The van der Waals surface area contributed by atoms with Gasteiger partial charge in [-0.2, -0.15) is 0 Å². The number of aryl methyl sites for hydroxylation is 1. The lowest BCUT2D eigenvalue weighted by Crippen LogP contribution is -2.38. The molecule has 8 nitrogen and oxygen atoms in total. The zero-order valence-electron chi connectivity index (χ0n) is 16.1. The highest BCUT2D eigenvalue weighted by Crippen LogP contribution is 2.33. The molecule has 0 fully saturated rings. The van der Waals surface area contributed by atoms with Crippen molar-refractivity contribution in [1.29, 1.82) is 0 Å². The third-order valence-corrected chi connectivity index (χ3v) is 4.94. The van der Waals surface area contributed by atoms with Gasteiger partial charge in [0.25, 0.3) is 16.8 Å². The first-order valence-corrected chi connectivity index (χ1v) is 9.16. The number of anilines is 3. The number of carbonyl (C=O) groups is 1. The summed E-state index contributed by atoms with van der Waals surface area (Å²) in [5.74, 6) is -0.158. The SMILES string of the molecule is Cc1cnc(C(Nc2c(Nc3c(F)ccc4c3C(=O)NC4)c(=O)c2=O)C(C)C)o1. The van der Waals surface area contributed by atoms with Crippen molar-refractivity contribution in [3.8, 4) is 0 Å². The number of nitrogens with zero attached hydrogens (tertiary/aromatic N) is 1. The van der Waals surface area contributed by atoms with Gasteiger partial charge in [-0.1, -0.05) is 19.9 Å². The Balaban J connectivity index is 1.70. The number of oxazole rings is 1. The minimum absolute atomic E-state index is 0.0139. The summed E-state index contributed by atoms with van der Waals surface area (Å²) in [7, 11) is 0. The molecule has 2 aromatic carbocycles. The highest BCUT2D eigenvalue weighted by atomic mass is 19.1. The summed E-state index contributed by atoms with van der Waals surface area (Å²) in [6.07, 6.45) is 1.56. The van der Waals surface area contributed by atoms with Gasteiger partial charge in [0.15, 0.2) is 0 Å². The van der Waals surface area contributed by atoms with E-state index in [-0.39, 0.29) is 35.1 Å². The van der Waals surface area contributed by atoms with Crippen molar-refractivity contribution in [3.63, 3.8) is 0 Å². The molecule has 4 rings (SSSR count). The van der Waals surface area contributed by atoms with E-state index in [1.165, 1.54) is 12.1 Å². The largest absolute Gasteiger partial charge is 0.444 e. The summed E-state index contributed by atoms with van der Waals surface area (Å²) in [5.41, 5.74) is -0.959. The summed E-state index contributed by atoms with van der Waals surface area (Å²) < 4.78 is 20.0. The van der Waals surface area contributed by atoms with Crippen LogP contribution in [0.3, 0.4) is 0 Å². The summed E-state index contributed by atoms with van der Waals surface area (Å²) in [6, 6.07) is 2.25. The summed E-state index contributed by atoms with van der Waals surface area (Å²) in [4.78, 5) is 40.7. The van der Waals surface area contributed by atoms with Crippen LogP contribution in [0.2, 0.25) is 0 Å². The van der Waals surface area contributed by atoms with Crippen LogP contribution in [-0.4, -0.2) is 10.9 Å². The minimum Gasteiger partial charge on any atom is -0.444 e. The molecule has 0 saturated heterocycles. The van der Waals surface area contributed by atoms with E-state index in [2.05, 4.69) is 20.9 Å². The van der Waals surface area contributed by atoms with Crippen LogP contribution in [0.4, 0.5) is 21.5 Å². The van der Waals surface area contributed by atoms with E-state index >= 15 is 0 Å². The first-order chi connectivity index (χ1) is 13.8. The minimum atomic E-state index is -0.783. The van der Waals surface area contributed by atoms with E-state index in [9.17, 15) is 18.8 Å². The molecule has 0 aliphatic carbocycles. The smallest absolute Gasteiger partial charge is 0.254 e. The van der Waals surface area contributed by atoms with E-state index in [1.54, 1.807) is 13.1 Å². The van der Waals surface area contributed by atoms with Crippen molar-refractivity contribution in [1.82, 2.24) is 10.3 Å². The normalized spacial score (nSPS) is 14.2. The number of hydrogen-bond donors (Lipinski definition) is 3. The molecule has 1 aliphatic rings. The Hall–Kier alpha value is -3.49. The van der Waals surface area contributed by atoms with E-state index in [0.29, 0.717) is 17.2 Å². The van der Waals surface area contributed by atoms with E-state index < -0.39 is 28.6 Å². The Morgan fingerprint density at radius 3 is 2.52 bits per heavy atom. The van der Waals surface area contributed by atoms with Crippen LogP contribution in [0.1, 0.15) is 47.5 Å². The summed E-state index contributed by atoms with van der Waals surface area (Å²) in [6.45, 7) is 5.84. The average molecular weight is 398 g/mol. The second-order valence-electron chi connectivity index (χ2n) is 7.35. The van der Waals surface area contributed by atoms with E-state index in [1.807, 2.05) is 13.8 Å². The molecule has 9 heteroatoms. The third-order valence-electron chi connectivity index (χ3n) is 4.94. The number of benzene rings is 1.